The number of fused-ring (bicyclic) bond motifs is 1. The molecule has 2 N–H and O–H groups in total. The molecule has 0 bridgehead atoms. The number of benzene rings is 1. The van der Waals surface area contributed by atoms with Gasteiger partial charge in [0.1, 0.15) is 0 Å². The van der Waals surface area contributed by atoms with Gasteiger partial charge in [0, 0.05) is 8.35 Å². The van der Waals surface area contributed by atoms with Gasteiger partial charge >= 0.3 is 0 Å². The van der Waals surface area contributed by atoms with Crippen molar-refractivity contribution in [3.05, 3.63) is 23.8 Å². The van der Waals surface area contributed by atoms with Crippen LogP contribution in [0.15, 0.2) is 18.2 Å². The lowest BCUT2D eigenvalue weighted by Gasteiger charge is -1.92. The van der Waals surface area contributed by atoms with E-state index < -0.39 is 0 Å². The maximum absolute atomic E-state index is 10.8. The standard InChI is InChI=1S/C10H11N3O.H2/c1-6-3-4-8-9(5-6)13-10(12-8)11-7(2)14;/h3-5H,1-2H3,(H2,11,12,13,14);1H. The van der Waals surface area contributed by atoms with Crippen LogP contribution in [-0.4, -0.2) is 15.9 Å². The second-order valence-corrected chi connectivity index (χ2v) is 3.29. The molecule has 0 aliphatic carbocycles. The zero-order valence-corrected chi connectivity index (χ0v) is 8.09. The molecule has 1 heterocycles. The lowest BCUT2D eigenvalue weighted by Crippen LogP contribution is -2.06. The molecule has 1 aromatic heterocycles. The number of hydrogen-bond acceptors (Lipinski definition) is 2. The highest BCUT2D eigenvalue weighted by Gasteiger charge is 2.02. The molecule has 2 rings (SSSR count). The Kier molecular flexibility index (Phi) is 1.96. The van der Waals surface area contributed by atoms with Gasteiger partial charge in [-0.1, -0.05) is 6.07 Å². The smallest absolute Gasteiger partial charge is 0.223 e. The van der Waals surface area contributed by atoms with E-state index in [0.29, 0.717) is 5.95 Å². The van der Waals surface area contributed by atoms with Gasteiger partial charge in [-0.25, -0.2) is 4.98 Å². The van der Waals surface area contributed by atoms with Crippen LogP contribution in [0.5, 0.6) is 0 Å². The molecule has 1 amide bonds. The summed E-state index contributed by atoms with van der Waals surface area (Å²) >= 11 is 0. The van der Waals surface area contributed by atoms with Crippen molar-refractivity contribution in [2.75, 3.05) is 5.32 Å². The molecule has 0 aliphatic rings. The zero-order chi connectivity index (χ0) is 10.1. The average molecular weight is 191 g/mol. The molecule has 74 valence electrons. The molecular weight excluding hydrogens is 178 g/mol. The van der Waals surface area contributed by atoms with E-state index in [4.69, 9.17) is 0 Å². The topological polar surface area (TPSA) is 57.8 Å². The minimum absolute atomic E-state index is 0. The number of carbonyl (C=O) groups excluding carboxylic acids is 1. The Hall–Kier alpha value is -1.84. The fourth-order valence-corrected chi connectivity index (χ4v) is 1.35. The second-order valence-electron chi connectivity index (χ2n) is 3.29. The quantitative estimate of drug-likeness (QED) is 0.725. The van der Waals surface area contributed by atoms with E-state index in [2.05, 4.69) is 15.3 Å². The molecule has 0 unspecified atom stereocenters. The lowest BCUT2D eigenvalue weighted by molar-refractivity contribution is -0.114. The van der Waals surface area contributed by atoms with Crippen LogP contribution in [-0.2, 0) is 4.79 Å². The molecule has 14 heavy (non-hydrogen) atoms. The summed E-state index contributed by atoms with van der Waals surface area (Å²) in [6.45, 7) is 3.47. The highest BCUT2D eigenvalue weighted by Crippen LogP contribution is 2.15. The average Bonchev–Trinajstić information content (AvgIpc) is 2.44. The molecule has 0 aliphatic heterocycles. The van der Waals surface area contributed by atoms with Gasteiger partial charge < -0.3 is 4.98 Å². The fraction of sp³-hybridized carbons (Fsp3) is 0.200. The minimum atomic E-state index is -0.124. The number of nitrogens with zero attached hydrogens (tertiary/aromatic N) is 1. The number of H-pyrrole nitrogens is 1. The molecule has 0 fully saturated rings. The Morgan fingerprint density at radius 2 is 2.36 bits per heavy atom. The number of hydrogen-bond donors (Lipinski definition) is 2. The molecule has 1 aromatic carbocycles. The maximum Gasteiger partial charge on any atom is 0.223 e. The first-order chi connectivity index (χ1) is 6.65. The number of carbonyl (C=O) groups is 1. The first-order valence-electron chi connectivity index (χ1n) is 4.39. The predicted octanol–water partition coefficient (Wildman–Crippen LogP) is 2.08. The third-order valence-corrected chi connectivity index (χ3v) is 1.93. The van der Waals surface area contributed by atoms with Crippen molar-refractivity contribution in [3.8, 4) is 0 Å². The summed E-state index contributed by atoms with van der Waals surface area (Å²) in [5, 5.41) is 2.61. The van der Waals surface area contributed by atoms with Crippen LogP contribution in [0, 0.1) is 6.92 Å². The molecule has 0 radical (unpaired) electrons. The zero-order valence-electron chi connectivity index (χ0n) is 8.09. The van der Waals surface area contributed by atoms with E-state index >= 15 is 0 Å². The van der Waals surface area contributed by atoms with Crippen LogP contribution in [0.1, 0.15) is 13.9 Å². The van der Waals surface area contributed by atoms with Gasteiger partial charge in [0.05, 0.1) is 11.0 Å². The van der Waals surface area contributed by atoms with E-state index in [9.17, 15) is 4.79 Å². The number of aromatic nitrogens is 2. The highest BCUT2D eigenvalue weighted by atomic mass is 16.1. The van der Waals surface area contributed by atoms with Gasteiger partial charge in [-0.05, 0) is 24.6 Å². The Morgan fingerprint density at radius 3 is 3.07 bits per heavy atom. The summed E-state index contributed by atoms with van der Waals surface area (Å²) in [5.41, 5.74) is 2.96. The summed E-state index contributed by atoms with van der Waals surface area (Å²) in [6.07, 6.45) is 0. The molecule has 0 spiro atoms. The van der Waals surface area contributed by atoms with Crippen LogP contribution in [0.4, 0.5) is 5.95 Å². The van der Waals surface area contributed by atoms with Gasteiger partial charge in [-0.2, -0.15) is 0 Å². The number of imidazole rings is 1. The minimum Gasteiger partial charge on any atom is -0.324 e. The monoisotopic (exact) mass is 191 g/mol. The SMILES string of the molecule is CC(=O)Nc1nc2ccc(C)cc2[nH]1.[HH]. The van der Waals surface area contributed by atoms with Crippen molar-refractivity contribution in [3.63, 3.8) is 0 Å². The molecule has 0 saturated heterocycles. The Bertz CT molecular complexity index is 492. The van der Waals surface area contributed by atoms with E-state index in [1.807, 2.05) is 25.1 Å². The van der Waals surface area contributed by atoms with E-state index in [1.54, 1.807) is 0 Å². The molecular formula is C10H13N3O. The number of aromatic amines is 1. The van der Waals surface area contributed by atoms with Crippen molar-refractivity contribution in [2.45, 2.75) is 13.8 Å². The molecule has 4 heteroatoms. The van der Waals surface area contributed by atoms with Gasteiger partial charge in [0.2, 0.25) is 11.9 Å². The molecule has 0 saturated carbocycles. The number of rotatable bonds is 1. The molecule has 4 nitrogen and oxygen atoms in total. The fourth-order valence-electron chi connectivity index (χ4n) is 1.35. The van der Waals surface area contributed by atoms with Crippen molar-refractivity contribution >= 4 is 22.9 Å². The molecule has 0 atom stereocenters. The summed E-state index contributed by atoms with van der Waals surface area (Å²) in [4.78, 5) is 18.0. The van der Waals surface area contributed by atoms with E-state index in [-0.39, 0.29) is 7.33 Å². The summed E-state index contributed by atoms with van der Waals surface area (Å²) < 4.78 is 0. The Morgan fingerprint density at radius 1 is 1.57 bits per heavy atom. The van der Waals surface area contributed by atoms with Crippen LogP contribution in [0.25, 0.3) is 11.0 Å². The van der Waals surface area contributed by atoms with E-state index in [0.717, 1.165) is 16.6 Å². The normalized spacial score (nSPS) is 10.4. The third kappa shape index (κ3) is 1.59. The van der Waals surface area contributed by atoms with Crippen LogP contribution < -0.4 is 5.32 Å². The first-order valence-corrected chi connectivity index (χ1v) is 4.39. The number of nitrogens with one attached hydrogen (secondary N) is 2. The summed E-state index contributed by atoms with van der Waals surface area (Å²) in [6, 6.07) is 5.90. The number of amides is 1. The van der Waals surface area contributed by atoms with Crippen LogP contribution >= 0.6 is 0 Å². The number of anilines is 1. The highest BCUT2D eigenvalue weighted by molar-refractivity contribution is 5.89. The van der Waals surface area contributed by atoms with Crippen molar-refractivity contribution < 1.29 is 6.22 Å². The molecule has 2 aromatic rings. The third-order valence-electron chi connectivity index (χ3n) is 1.93. The number of aryl methyl sites for hydroxylation is 1. The Balaban J connectivity index is 0.00000112. The first kappa shape index (κ1) is 8.74. The largest absolute Gasteiger partial charge is 0.324 e. The van der Waals surface area contributed by atoms with Crippen molar-refractivity contribution in [1.82, 2.24) is 9.97 Å². The predicted molar refractivity (Wildman–Crippen MR) is 57.2 cm³/mol. The van der Waals surface area contributed by atoms with Gasteiger partial charge in [0.15, 0.2) is 0 Å². The maximum atomic E-state index is 10.8. The van der Waals surface area contributed by atoms with Crippen LogP contribution in [0.3, 0.4) is 0 Å². The van der Waals surface area contributed by atoms with Crippen LogP contribution in [0.2, 0.25) is 0 Å². The van der Waals surface area contributed by atoms with Gasteiger partial charge in [0.25, 0.3) is 0 Å². The van der Waals surface area contributed by atoms with Gasteiger partial charge in [-0.15, -0.1) is 0 Å². The Labute approximate surface area is 82.8 Å². The summed E-state index contributed by atoms with van der Waals surface area (Å²) in [5.74, 6) is 0.374. The van der Waals surface area contributed by atoms with E-state index in [1.165, 1.54) is 6.92 Å². The van der Waals surface area contributed by atoms with Crippen molar-refractivity contribution in [2.24, 2.45) is 0 Å². The summed E-state index contributed by atoms with van der Waals surface area (Å²) in [7, 11) is 0. The van der Waals surface area contributed by atoms with Gasteiger partial charge in [-0.3, -0.25) is 10.1 Å². The second kappa shape index (κ2) is 3.14. The lowest BCUT2D eigenvalue weighted by atomic mass is 10.2. The van der Waals surface area contributed by atoms with Crippen molar-refractivity contribution in [1.29, 1.82) is 0 Å².